The van der Waals surface area contributed by atoms with Crippen LogP contribution in [0.4, 0.5) is 9.59 Å². The summed E-state index contributed by atoms with van der Waals surface area (Å²) >= 11 is 0. The highest BCUT2D eigenvalue weighted by Crippen LogP contribution is 1.81. The highest BCUT2D eigenvalue weighted by atomic mass is 16.6. The first-order valence-corrected chi connectivity index (χ1v) is 7.30. The molecule has 0 atom stereocenters. The van der Waals surface area contributed by atoms with Gasteiger partial charge >= 0.3 is 12.3 Å². The fraction of sp³-hybridized carbons (Fsp3) is 0. The number of carboxylic acid groups (broad SMARTS) is 4. The Morgan fingerprint density at radius 2 is 0.346 bits per heavy atom. The molecule has 0 saturated heterocycles. The zero-order valence-electron chi connectivity index (χ0n) is 14.0. The summed E-state index contributed by atoms with van der Waals surface area (Å²) in [6.45, 7) is 0. The van der Waals surface area contributed by atoms with Gasteiger partial charge in [-0.25, -0.2) is 9.59 Å². The van der Waals surface area contributed by atoms with Gasteiger partial charge in [-0.05, 0) is 0 Å². The summed E-state index contributed by atoms with van der Waals surface area (Å²) in [6.07, 6.45) is -3.67. The molecular weight excluding hydrogens is 336 g/mol. The molecule has 0 bridgehead atoms. The van der Waals surface area contributed by atoms with E-state index in [1.807, 2.05) is 109 Å². The largest absolute Gasteiger partial charge is 0.503 e. The molecule has 0 fully saturated rings. The minimum absolute atomic E-state index is 1.83. The lowest BCUT2D eigenvalue weighted by molar-refractivity contribution is 0.135. The maximum absolute atomic E-state index is 8.56. The van der Waals surface area contributed by atoms with Crippen molar-refractivity contribution < 1.29 is 30.0 Å². The quantitative estimate of drug-likeness (QED) is 0.421. The first-order chi connectivity index (χ1) is 12.5. The molecule has 6 nitrogen and oxygen atoms in total. The highest BCUT2D eigenvalue weighted by Gasteiger charge is 1.70. The van der Waals surface area contributed by atoms with Crippen molar-refractivity contribution in [3.05, 3.63) is 109 Å². The Hall–Kier alpha value is -3.80. The molecule has 3 rings (SSSR count). The van der Waals surface area contributed by atoms with Crippen molar-refractivity contribution in [2.45, 2.75) is 0 Å². The van der Waals surface area contributed by atoms with E-state index >= 15 is 0 Å². The maximum atomic E-state index is 8.56. The van der Waals surface area contributed by atoms with E-state index in [-0.39, 0.29) is 0 Å². The molecule has 4 N–H and O–H groups in total. The first-order valence-electron chi connectivity index (χ1n) is 7.30. The van der Waals surface area contributed by atoms with E-state index in [4.69, 9.17) is 30.0 Å². The van der Waals surface area contributed by atoms with Gasteiger partial charge in [0.2, 0.25) is 0 Å². The molecule has 0 amide bonds. The average Bonchev–Trinajstić information content (AvgIpc) is 2.66. The molecule has 0 aliphatic rings. The molecule has 3 aromatic rings. The molecule has 3 aromatic carbocycles. The fourth-order valence-corrected chi connectivity index (χ4v) is 1.15. The second-order valence-corrected chi connectivity index (χ2v) is 4.03. The van der Waals surface area contributed by atoms with Crippen molar-refractivity contribution >= 4 is 12.3 Å². The van der Waals surface area contributed by atoms with E-state index in [1.165, 1.54) is 0 Å². The Bertz CT molecular complexity index is 455. The third-order valence-corrected chi connectivity index (χ3v) is 2.00. The summed E-state index contributed by atoms with van der Waals surface area (Å²) in [6, 6.07) is 36.0. The van der Waals surface area contributed by atoms with Gasteiger partial charge in [-0.2, -0.15) is 0 Å². The van der Waals surface area contributed by atoms with Crippen LogP contribution in [0.25, 0.3) is 0 Å². The summed E-state index contributed by atoms with van der Waals surface area (Å²) in [5.41, 5.74) is 0. The van der Waals surface area contributed by atoms with Crippen molar-refractivity contribution in [2.75, 3.05) is 0 Å². The van der Waals surface area contributed by atoms with Gasteiger partial charge in [0.25, 0.3) is 0 Å². The van der Waals surface area contributed by atoms with Gasteiger partial charge in [-0.15, -0.1) is 0 Å². The van der Waals surface area contributed by atoms with Crippen LogP contribution in [-0.2, 0) is 0 Å². The van der Waals surface area contributed by atoms with Gasteiger partial charge in [0.1, 0.15) is 0 Å². The minimum atomic E-state index is -1.83. The Morgan fingerprint density at radius 3 is 0.385 bits per heavy atom. The Balaban J connectivity index is 0. The van der Waals surface area contributed by atoms with E-state index in [2.05, 4.69) is 0 Å². The monoisotopic (exact) mass is 358 g/mol. The van der Waals surface area contributed by atoms with E-state index in [0.29, 0.717) is 0 Å². The predicted octanol–water partition coefficient (Wildman–Crippen LogP) is 5.50. The molecule has 0 aliphatic carbocycles. The number of hydrogen-bond donors (Lipinski definition) is 4. The fourth-order valence-electron chi connectivity index (χ4n) is 1.15. The average molecular weight is 358 g/mol. The SMILES string of the molecule is O=C(O)O.O=C(O)O.c1ccccc1.c1ccccc1.c1ccccc1. The topological polar surface area (TPSA) is 115 Å². The van der Waals surface area contributed by atoms with Gasteiger partial charge in [0, 0.05) is 0 Å². The van der Waals surface area contributed by atoms with Crippen molar-refractivity contribution in [1.29, 1.82) is 0 Å². The molecular formula is C20H22O6. The molecule has 0 saturated carbocycles. The third-order valence-electron chi connectivity index (χ3n) is 2.00. The number of hydrogen-bond acceptors (Lipinski definition) is 2. The maximum Gasteiger partial charge on any atom is 0.503 e. The second kappa shape index (κ2) is 21.2. The molecule has 138 valence electrons. The van der Waals surface area contributed by atoms with Gasteiger partial charge in [0.15, 0.2) is 0 Å². The molecule has 0 aliphatic heterocycles. The van der Waals surface area contributed by atoms with Crippen LogP contribution in [0.5, 0.6) is 0 Å². The van der Waals surface area contributed by atoms with Crippen molar-refractivity contribution in [3.8, 4) is 0 Å². The number of rotatable bonds is 0. The summed E-state index contributed by atoms with van der Waals surface area (Å²) in [5.74, 6) is 0. The van der Waals surface area contributed by atoms with Gasteiger partial charge in [-0.1, -0.05) is 109 Å². The zero-order chi connectivity index (χ0) is 19.9. The lowest BCUT2D eigenvalue weighted by Gasteiger charge is -1.69. The van der Waals surface area contributed by atoms with Crippen molar-refractivity contribution in [3.63, 3.8) is 0 Å². The Labute approximate surface area is 152 Å². The van der Waals surface area contributed by atoms with E-state index < -0.39 is 12.3 Å². The van der Waals surface area contributed by atoms with Gasteiger partial charge in [-0.3, -0.25) is 0 Å². The van der Waals surface area contributed by atoms with Crippen LogP contribution in [0.3, 0.4) is 0 Å². The van der Waals surface area contributed by atoms with Crippen LogP contribution in [0.2, 0.25) is 0 Å². The number of benzene rings is 3. The third kappa shape index (κ3) is 36.9. The molecule has 0 spiro atoms. The molecule has 0 unspecified atom stereocenters. The van der Waals surface area contributed by atoms with E-state index in [1.54, 1.807) is 0 Å². The van der Waals surface area contributed by atoms with Crippen LogP contribution in [0, 0.1) is 0 Å². The molecule has 0 radical (unpaired) electrons. The highest BCUT2D eigenvalue weighted by molar-refractivity contribution is 5.53. The summed E-state index contributed by atoms with van der Waals surface area (Å²) < 4.78 is 0. The van der Waals surface area contributed by atoms with Crippen LogP contribution >= 0.6 is 0 Å². The van der Waals surface area contributed by atoms with Crippen LogP contribution in [0.1, 0.15) is 0 Å². The molecule has 26 heavy (non-hydrogen) atoms. The van der Waals surface area contributed by atoms with Gasteiger partial charge < -0.3 is 20.4 Å². The smallest absolute Gasteiger partial charge is 0.450 e. The first kappa shape index (κ1) is 24.5. The Morgan fingerprint density at radius 1 is 0.308 bits per heavy atom. The van der Waals surface area contributed by atoms with E-state index in [9.17, 15) is 0 Å². The lowest BCUT2D eigenvalue weighted by Crippen LogP contribution is -1.81. The lowest BCUT2D eigenvalue weighted by atomic mass is 10.4. The standard InChI is InChI=1S/3C6H6.2CH2O3/c3*1-2-4-6-5-3-1;2*2-1(3)4/h3*1-6H;2*(H2,2,3,4). The molecule has 0 heterocycles. The van der Waals surface area contributed by atoms with Crippen molar-refractivity contribution in [2.24, 2.45) is 0 Å². The second-order valence-electron chi connectivity index (χ2n) is 4.03. The normalized spacial score (nSPS) is 7.38. The molecule has 6 heteroatoms. The summed E-state index contributed by atoms with van der Waals surface area (Å²) in [5, 5.41) is 27.9. The van der Waals surface area contributed by atoms with Crippen LogP contribution in [0.15, 0.2) is 109 Å². The van der Waals surface area contributed by atoms with Crippen LogP contribution in [-0.4, -0.2) is 32.7 Å². The van der Waals surface area contributed by atoms with Gasteiger partial charge in [0.05, 0.1) is 0 Å². The van der Waals surface area contributed by atoms with E-state index in [0.717, 1.165) is 0 Å². The van der Waals surface area contributed by atoms with Crippen molar-refractivity contribution in [1.82, 2.24) is 0 Å². The Kier molecular flexibility index (Phi) is 19.9. The summed E-state index contributed by atoms with van der Waals surface area (Å²) in [4.78, 5) is 17.1. The molecule has 0 aromatic heterocycles. The van der Waals surface area contributed by atoms with Crippen LogP contribution < -0.4 is 0 Å². The number of carbonyl (C=O) groups is 2. The predicted molar refractivity (Wildman–Crippen MR) is 101 cm³/mol. The summed E-state index contributed by atoms with van der Waals surface area (Å²) in [7, 11) is 0. The minimum Gasteiger partial charge on any atom is -0.450 e. The zero-order valence-corrected chi connectivity index (χ0v) is 14.0.